The zero-order valence-corrected chi connectivity index (χ0v) is 11.4. The van der Waals surface area contributed by atoms with E-state index in [4.69, 9.17) is 23.7 Å². The molecule has 5 atom stereocenters. The lowest BCUT2D eigenvalue weighted by Gasteiger charge is -2.37. The van der Waals surface area contributed by atoms with Gasteiger partial charge in [0.1, 0.15) is 29.8 Å². The van der Waals surface area contributed by atoms with Crippen LogP contribution in [0.15, 0.2) is 24.3 Å². The molecular weight excluding hydrogens is 264 g/mol. The lowest BCUT2D eigenvalue weighted by Crippen LogP contribution is -2.56. The third kappa shape index (κ3) is 2.35. The lowest BCUT2D eigenvalue weighted by atomic mass is 10.0. The summed E-state index contributed by atoms with van der Waals surface area (Å²) in [6.45, 7) is 0.391. The molecule has 2 bridgehead atoms. The third-order valence-corrected chi connectivity index (χ3v) is 3.64. The number of aliphatic hydroxyl groups excluding tert-OH is 1. The molecule has 1 aromatic rings. The van der Waals surface area contributed by atoms with E-state index in [0.29, 0.717) is 12.4 Å². The van der Waals surface area contributed by atoms with Crippen LogP contribution in [0.5, 0.6) is 11.5 Å². The highest BCUT2D eigenvalue weighted by Crippen LogP contribution is 2.32. The maximum atomic E-state index is 10.1. The molecule has 0 spiro atoms. The summed E-state index contributed by atoms with van der Waals surface area (Å²) in [6.07, 6.45) is -2.62. The van der Waals surface area contributed by atoms with Crippen LogP contribution in [0.1, 0.15) is 0 Å². The zero-order chi connectivity index (χ0) is 14.1. The monoisotopic (exact) mass is 282 g/mol. The van der Waals surface area contributed by atoms with Gasteiger partial charge in [-0.2, -0.15) is 0 Å². The largest absolute Gasteiger partial charge is 0.497 e. The molecule has 20 heavy (non-hydrogen) atoms. The number of hydrogen-bond donors (Lipinski definition) is 1. The first-order valence-corrected chi connectivity index (χ1v) is 6.51. The van der Waals surface area contributed by atoms with Crippen LogP contribution in [0.4, 0.5) is 0 Å². The molecule has 0 aliphatic carbocycles. The molecule has 0 unspecified atom stereocenters. The van der Waals surface area contributed by atoms with E-state index >= 15 is 0 Å². The van der Waals surface area contributed by atoms with Gasteiger partial charge in [0.05, 0.1) is 13.7 Å². The topological polar surface area (TPSA) is 66.4 Å². The molecule has 2 fully saturated rings. The molecule has 0 saturated carbocycles. The standard InChI is InChI=1S/C14H18O6/c1-16-8-3-5-9(6-4-8)19-12-10-7-18-14(20-10)11(15)13(12)17-2/h3-6,10-15H,7H2,1-2H3/t10-,11+,12-,13-,14-/m1/s1. The summed E-state index contributed by atoms with van der Waals surface area (Å²) in [6, 6.07) is 7.23. The smallest absolute Gasteiger partial charge is 0.186 e. The van der Waals surface area contributed by atoms with Gasteiger partial charge in [0.25, 0.3) is 0 Å². The first-order valence-electron chi connectivity index (χ1n) is 6.51. The Morgan fingerprint density at radius 3 is 2.45 bits per heavy atom. The van der Waals surface area contributed by atoms with Crippen LogP contribution >= 0.6 is 0 Å². The minimum atomic E-state index is -0.859. The molecule has 2 saturated heterocycles. The summed E-state index contributed by atoms with van der Waals surface area (Å²) in [5.41, 5.74) is 0. The van der Waals surface area contributed by atoms with Crippen LogP contribution in [0, 0.1) is 0 Å². The van der Waals surface area contributed by atoms with E-state index in [1.54, 1.807) is 26.4 Å². The van der Waals surface area contributed by atoms with Crippen molar-refractivity contribution in [1.82, 2.24) is 0 Å². The molecule has 6 nitrogen and oxygen atoms in total. The molecule has 6 heteroatoms. The van der Waals surface area contributed by atoms with Crippen LogP contribution in [-0.2, 0) is 14.2 Å². The fourth-order valence-electron chi connectivity index (χ4n) is 2.58. The van der Waals surface area contributed by atoms with Crippen molar-refractivity contribution in [2.24, 2.45) is 0 Å². The fraction of sp³-hybridized carbons (Fsp3) is 0.571. The van der Waals surface area contributed by atoms with Crippen molar-refractivity contribution in [3.8, 4) is 11.5 Å². The highest BCUT2D eigenvalue weighted by molar-refractivity contribution is 5.31. The van der Waals surface area contributed by atoms with Gasteiger partial charge in [-0.05, 0) is 24.3 Å². The maximum absolute atomic E-state index is 10.1. The highest BCUT2D eigenvalue weighted by Gasteiger charge is 2.51. The van der Waals surface area contributed by atoms with Gasteiger partial charge in [0.15, 0.2) is 12.4 Å². The zero-order valence-electron chi connectivity index (χ0n) is 11.4. The molecule has 110 valence electrons. The van der Waals surface area contributed by atoms with Crippen molar-refractivity contribution in [3.05, 3.63) is 24.3 Å². The third-order valence-electron chi connectivity index (χ3n) is 3.64. The molecule has 1 N–H and O–H groups in total. The first kappa shape index (κ1) is 13.6. The Labute approximate surface area is 117 Å². The van der Waals surface area contributed by atoms with Gasteiger partial charge < -0.3 is 28.8 Å². The van der Waals surface area contributed by atoms with E-state index in [2.05, 4.69) is 0 Å². The van der Waals surface area contributed by atoms with Crippen LogP contribution < -0.4 is 9.47 Å². The number of benzene rings is 1. The van der Waals surface area contributed by atoms with Gasteiger partial charge in [0, 0.05) is 7.11 Å². The quantitative estimate of drug-likeness (QED) is 0.871. The van der Waals surface area contributed by atoms with E-state index in [1.807, 2.05) is 12.1 Å². The van der Waals surface area contributed by atoms with Gasteiger partial charge in [-0.1, -0.05) is 0 Å². The second-order valence-electron chi connectivity index (χ2n) is 4.83. The number of hydrogen-bond acceptors (Lipinski definition) is 6. The number of rotatable bonds is 4. The maximum Gasteiger partial charge on any atom is 0.186 e. The van der Waals surface area contributed by atoms with Crippen LogP contribution in [0.2, 0.25) is 0 Å². The molecule has 0 radical (unpaired) electrons. The van der Waals surface area contributed by atoms with Crippen molar-refractivity contribution in [2.75, 3.05) is 20.8 Å². The molecule has 2 aliphatic rings. The first-order chi connectivity index (χ1) is 9.72. The molecule has 3 rings (SSSR count). The number of aliphatic hydroxyl groups is 1. The van der Waals surface area contributed by atoms with Crippen LogP contribution in [0.3, 0.4) is 0 Å². The van der Waals surface area contributed by atoms with Crippen molar-refractivity contribution < 1.29 is 28.8 Å². The Balaban J connectivity index is 1.76. The van der Waals surface area contributed by atoms with Crippen molar-refractivity contribution in [3.63, 3.8) is 0 Å². The summed E-state index contributed by atoms with van der Waals surface area (Å²) in [5.74, 6) is 1.42. The average Bonchev–Trinajstić information content (AvgIpc) is 2.92. The van der Waals surface area contributed by atoms with Crippen molar-refractivity contribution in [2.45, 2.75) is 30.7 Å². The van der Waals surface area contributed by atoms with E-state index in [0.717, 1.165) is 5.75 Å². The van der Waals surface area contributed by atoms with Crippen LogP contribution in [-0.4, -0.2) is 56.6 Å². The second kappa shape index (κ2) is 5.57. The summed E-state index contributed by atoms with van der Waals surface area (Å²) in [4.78, 5) is 0. The molecule has 0 amide bonds. The van der Waals surface area contributed by atoms with E-state index in [-0.39, 0.29) is 6.10 Å². The molecule has 2 aliphatic heterocycles. The van der Waals surface area contributed by atoms with Gasteiger partial charge >= 0.3 is 0 Å². The van der Waals surface area contributed by atoms with E-state index < -0.39 is 24.6 Å². The summed E-state index contributed by atoms with van der Waals surface area (Å²) >= 11 is 0. The van der Waals surface area contributed by atoms with Gasteiger partial charge in [0.2, 0.25) is 0 Å². The van der Waals surface area contributed by atoms with Crippen molar-refractivity contribution >= 4 is 0 Å². The SMILES string of the molecule is COc1ccc(O[C@H]2[C@H](OC)[C@H](O)[C@@H]3OC[C@H]2O3)cc1. The lowest BCUT2D eigenvalue weighted by molar-refractivity contribution is -0.229. The molecule has 1 aromatic carbocycles. The fourth-order valence-corrected chi connectivity index (χ4v) is 2.58. The molecular formula is C14H18O6. The van der Waals surface area contributed by atoms with Gasteiger partial charge in [-0.25, -0.2) is 0 Å². The molecule has 2 heterocycles. The van der Waals surface area contributed by atoms with E-state index in [9.17, 15) is 5.11 Å². The molecule has 0 aromatic heterocycles. The summed E-state index contributed by atoms with van der Waals surface area (Å²) in [7, 11) is 3.15. The minimum absolute atomic E-state index is 0.240. The average molecular weight is 282 g/mol. The predicted octanol–water partition coefficient (Wildman–Crippen LogP) is 0.574. The van der Waals surface area contributed by atoms with Crippen LogP contribution in [0.25, 0.3) is 0 Å². The second-order valence-corrected chi connectivity index (χ2v) is 4.83. The Hall–Kier alpha value is -1.34. The normalized spacial score (nSPS) is 35.9. The Morgan fingerprint density at radius 1 is 1.10 bits per heavy atom. The number of ether oxygens (including phenoxy) is 5. The predicted molar refractivity (Wildman–Crippen MR) is 68.8 cm³/mol. The van der Waals surface area contributed by atoms with Gasteiger partial charge in [-0.15, -0.1) is 0 Å². The summed E-state index contributed by atoms with van der Waals surface area (Å²) in [5, 5.41) is 10.1. The number of methoxy groups -OCH3 is 2. The Morgan fingerprint density at radius 2 is 1.80 bits per heavy atom. The van der Waals surface area contributed by atoms with Crippen molar-refractivity contribution in [1.29, 1.82) is 0 Å². The summed E-state index contributed by atoms with van der Waals surface area (Å²) < 4.78 is 27.3. The minimum Gasteiger partial charge on any atom is -0.497 e. The number of fused-ring (bicyclic) bond motifs is 2. The highest BCUT2D eigenvalue weighted by atomic mass is 16.7. The Bertz CT molecular complexity index is 447. The Kier molecular flexibility index (Phi) is 3.80. The van der Waals surface area contributed by atoms with E-state index in [1.165, 1.54) is 0 Å². The van der Waals surface area contributed by atoms with Gasteiger partial charge in [-0.3, -0.25) is 0 Å².